The molecule has 0 bridgehead atoms. The number of anilines is 1. The quantitative estimate of drug-likeness (QED) is 0.639. The smallest absolute Gasteiger partial charge is 0.238 e. The molecule has 0 spiro atoms. The van der Waals surface area contributed by atoms with E-state index in [0.29, 0.717) is 11.6 Å². The molecule has 1 aromatic heterocycles. The summed E-state index contributed by atoms with van der Waals surface area (Å²) in [6, 6.07) is 1.83. The minimum absolute atomic E-state index is 0.0315. The summed E-state index contributed by atoms with van der Waals surface area (Å²) in [7, 11) is 0. The molecule has 2 atom stereocenters. The lowest BCUT2D eigenvalue weighted by Gasteiger charge is -2.15. The van der Waals surface area contributed by atoms with Crippen LogP contribution >= 0.6 is 11.8 Å². The highest BCUT2D eigenvalue weighted by Gasteiger charge is 2.17. The Labute approximate surface area is 142 Å². The van der Waals surface area contributed by atoms with E-state index >= 15 is 0 Å². The number of thioether (sulfide) groups is 1. The Kier molecular flexibility index (Phi) is 8.76. The molecule has 1 heterocycles. The fraction of sp³-hybridized carbons (Fsp3) is 0.688. The monoisotopic (exact) mass is 341 g/mol. The molecule has 130 valence electrons. The van der Waals surface area contributed by atoms with Gasteiger partial charge in [0.15, 0.2) is 5.82 Å². The number of carbonyl (C=O) groups is 2. The second-order valence-corrected chi connectivity index (χ2v) is 7.06. The van der Waals surface area contributed by atoms with Crippen molar-refractivity contribution in [2.75, 3.05) is 11.1 Å². The zero-order chi connectivity index (χ0) is 17.2. The van der Waals surface area contributed by atoms with E-state index < -0.39 is 0 Å². The molecule has 0 saturated carbocycles. The molecule has 0 saturated heterocycles. The standard InChI is InChI=1S/C16H27N3O3S/c1-5-6-7-8-11(2)17-15(20)10-23-13(4)16(21)18-14-9-12(3)22-19-14/h9,11,13H,5-8,10H2,1-4H3,(H,17,20)(H,18,19,21). The average Bonchev–Trinajstić information content (AvgIpc) is 2.90. The number of hydrogen-bond donors (Lipinski definition) is 2. The molecule has 0 aromatic carbocycles. The number of aromatic nitrogens is 1. The molecule has 6 nitrogen and oxygen atoms in total. The van der Waals surface area contributed by atoms with Crippen molar-refractivity contribution in [2.45, 2.75) is 64.7 Å². The maximum absolute atomic E-state index is 12.0. The lowest BCUT2D eigenvalue weighted by Crippen LogP contribution is -2.34. The van der Waals surface area contributed by atoms with Gasteiger partial charge in [0.25, 0.3) is 0 Å². The van der Waals surface area contributed by atoms with Crippen LogP contribution in [0.5, 0.6) is 0 Å². The molecular weight excluding hydrogens is 314 g/mol. The lowest BCUT2D eigenvalue weighted by atomic mass is 10.1. The van der Waals surface area contributed by atoms with Gasteiger partial charge in [0.2, 0.25) is 11.8 Å². The molecular formula is C16H27N3O3S. The number of aryl methyl sites for hydroxylation is 1. The van der Waals surface area contributed by atoms with E-state index in [0.717, 1.165) is 12.8 Å². The molecule has 2 unspecified atom stereocenters. The summed E-state index contributed by atoms with van der Waals surface area (Å²) < 4.78 is 4.89. The number of carbonyl (C=O) groups excluding carboxylic acids is 2. The van der Waals surface area contributed by atoms with Crippen LogP contribution in [0.25, 0.3) is 0 Å². The second-order valence-electron chi connectivity index (χ2n) is 5.73. The van der Waals surface area contributed by atoms with Crippen molar-refractivity contribution in [1.29, 1.82) is 0 Å². The van der Waals surface area contributed by atoms with E-state index in [2.05, 4.69) is 22.7 Å². The maximum atomic E-state index is 12.0. The van der Waals surface area contributed by atoms with E-state index in [1.807, 2.05) is 6.92 Å². The highest BCUT2D eigenvalue weighted by molar-refractivity contribution is 8.01. The van der Waals surface area contributed by atoms with Gasteiger partial charge in [-0.05, 0) is 27.2 Å². The number of hydrogen-bond acceptors (Lipinski definition) is 5. The molecule has 2 N–H and O–H groups in total. The summed E-state index contributed by atoms with van der Waals surface area (Å²) in [5, 5.41) is 9.01. The Morgan fingerprint density at radius 1 is 1.35 bits per heavy atom. The summed E-state index contributed by atoms with van der Waals surface area (Å²) in [5.41, 5.74) is 0. The fourth-order valence-corrected chi connectivity index (χ4v) is 2.71. The minimum atomic E-state index is -0.340. The first-order valence-electron chi connectivity index (χ1n) is 8.07. The zero-order valence-corrected chi connectivity index (χ0v) is 15.2. The first kappa shape index (κ1) is 19.5. The van der Waals surface area contributed by atoms with Crippen molar-refractivity contribution >= 4 is 29.4 Å². The van der Waals surface area contributed by atoms with Crippen molar-refractivity contribution in [2.24, 2.45) is 0 Å². The third-order valence-corrected chi connectivity index (χ3v) is 4.50. The van der Waals surface area contributed by atoms with Gasteiger partial charge in [0.05, 0.1) is 11.0 Å². The van der Waals surface area contributed by atoms with Gasteiger partial charge < -0.3 is 15.2 Å². The van der Waals surface area contributed by atoms with Gasteiger partial charge in [0.1, 0.15) is 5.76 Å². The van der Waals surface area contributed by atoms with Gasteiger partial charge in [-0.25, -0.2) is 0 Å². The van der Waals surface area contributed by atoms with Gasteiger partial charge in [-0.3, -0.25) is 9.59 Å². The normalized spacial score (nSPS) is 13.4. The van der Waals surface area contributed by atoms with E-state index in [-0.39, 0.29) is 28.9 Å². The molecule has 23 heavy (non-hydrogen) atoms. The first-order valence-corrected chi connectivity index (χ1v) is 9.12. The summed E-state index contributed by atoms with van der Waals surface area (Å²) in [5.74, 6) is 1.08. The number of nitrogens with one attached hydrogen (secondary N) is 2. The van der Waals surface area contributed by atoms with E-state index in [4.69, 9.17) is 4.52 Å². The Morgan fingerprint density at radius 2 is 2.09 bits per heavy atom. The van der Waals surface area contributed by atoms with Gasteiger partial charge in [-0.1, -0.05) is 31.3 Å². The Bertz CT molecular complexity index is 505. The number of rotatable bonds is 10. The summed E-state index contributed by atoms with van der Waals surface area (Å²) >= 11 is 1.31. The van der Waals surface area contributed by atoms with Crippen molar-refractivity contribution in [3.63, 3.8) is 0 Å². The van der Waals surface area contributed by atoms with Crippen LogP contribution < -0.4 is 10.6 Å². The number of nitrogens with zero attached hydrogens (tertiary/aromatic N) is 1. The van der Waals surface area contributed by atoms with Crippen molar-refractivity contribution in [3.8, 4) is 0 Å². The molecule has 7 heteroatoms. The van der Waals surface area contributed by atoms with Crippen LogP contribution in [0.2, 0.25) is 0 Å². The van der Waals surface area contributed by atoms with Crippen LogP contribution in [0, 0.1) is 6.92 Å². The van der Waals surface area contributed by atoms with Crippen molar-refractivity contribution in [1.82, 2.24) is 10.5 Å². The molecule has 0 aliphatic heterocycles. The highest BCUT2D eigenvalue weighted by Crippen LogP contribution is 2.14. The van der Waals surface area contributed by atoms with Gasteiger partial charge in [0, 0.05) is 12.1 Å². The zero-order valence-electron chi connectivity index (χ0n) is 14.3. The van der Waals surface area contributed by atoms with Crippen molar-refractivity contribution in [3.05, 3.63) is 11.8 Å². The van der Waals surface area contributed by atoms with Gasteiger partial charge in [-0.15, -0.1) is 11.8 Å². The van der Waals surface area contributed by atoms with Crippen LogP contribution in [0.15, 0.2) is 10.6 Å². The third kappa shape index (κ3) is 8.06. The highest BCUT2D eigenvalue weighted by atomic mass is 32.2. The fourth-order valence-electron chi connectivity index (χ4n) is 2.02. The molecule has 1 rings (SSSR count). The van der Waals surface area contributed by atoms with Crippen LogP contribution in [0.1, 0.15) is 52.2 Å². The Hall–Kier alpha value is -1.50. The minimum Gasteiger partial charge on any atom is -0.360 e. The summed E-state index contributed by atoms with van der Waals surface area (Å²) in [4.78, 5) is 23.9. The molecule has 0 radical (unpaired) electrons. The van der Waals surface area contributed by atoms with Crippen LogP contribution in [0.3, 0.4) is 0 Å². The maximum Gasteiger partial charge on any atom is 0.238 e. The van der Waals surface area contributed by atoms with Crippen LogP contribution in [-0.2, 0) is 9.59 Å². The molecule has 0 fully saturated rings. The largest absolute Gasteiger partial charge is 0.360 e. The third-order valence-electron chi connectivity index (χ3n) is 3.36. The van der Waals surface area contributed by atoms with Crippen LogP contribution in [-0.4, -0.2) is 34.0 Å². The van der Waals surface area contributed by atoms with Gasteiger partial charge in [-0.2, -0.15) is 0 Å². The van der Waals surface area contributed by atoms with Crippen molar-refractivity contribution < 1.29 is 14.1 Å². The van der Waals surface area contributed by atoms with Gasteiger partial charge >= 0.3 is 0 Å². The number of unbranched alkanes of at least 4 members (excludes halogenated alkanes) is 2. The number of amides is 2. The van der Waals surface area contributed by atoms with E-state index in [1.165, 1.54) is 24.6 Å². The summed E-state index contributed by atoms with van der Waals surface area (Å²) in [6.45, 7) is 7.70. The molecule has 2 amide bonds. The molecule has 0 aliphatic carbocycles. The van der Waals surface area contributed by atoms with Crippen LogP contribution in [0.4, 0.5) is 5.82 Å². The molecule has 0 aliphatic rings. The van der Waals surface area contributed by atoms with E-state index in [9.17, 15) is 9.59 Å². The second kappa shape index (κ2) is 10.3. The Morgan fingerprint density at radius 3 is 2.70 bits per heavy atom. The van der Waals surface area contributed by atoms with E-state index in [1.54, 1.807) is 19.9 Å². The summed E-state index contributed by atoms with van der Waals surface area (Å²) in [6.07, 6.45) is 4.48. The lowest BCUT2D eigenvalue weighted by molar-refractivity contribution is -0.119. The topological polar surface area (TPSA) is 84.2 Å². The Balaban J connectivity index is 2.24. The average molecular weight is 341 g/mol. The predicted octanol–water partition coefficient (Wildman–Crippen LogP) is 3.13. The molecule has 1 aromatic rings. The predicted molar refractivity (Wildman–Crippen MR) is 93.5 cm³/mol. The SMILES string of the molecule is CCCCCC(C)NC(=O)CSC(C)C(=O)Nc1cc(C)on1. The first-order chi connectivity index (χ1) is 10.9.